The van der Waals surface area contributed by atoms with Gasteiger partial charge in [0.1, 0.15) is 6.04 Å². The zero-order valence-electron chi connectivity index (χ0n) is 11.9. The normalized spacial score (nSPS) is 19.7. The number of carboxylic acids is 1. The minimum absolute atomic E-state index is 0.0139. The summed E-state index contributed by atoms with van der Waals surface area (Å²) in [5, 5.41) is 14.9. The summed E-state index contributed by atoms with van der Waals surface area (Å²) in [6, 6.07) is -0.378. The van der Waals surface area contributed by atoms with Crippen LogP contribution >= 0.6 is 0 Å². The Labute approximate surface area is 115 Å². The maximum Gasteiger partial charge on any atom is 0.320 e. The van der Waals surface area contributed by atoms with Crippen LogP contribution in [0, 0.1) is 5.92 Å². The first-order valence-corrected chi connectivity index (χ1v) is 7.30. The summed E-state index contributed by atoms with van der Waals surface area (Å²) in [4.78, 5) is 22.9. The monoisotopic (exact) mass is 270 g/mol. The Morgan fingerprint density at radius 2 is 1.89 bits per heavy atom. The Kier molecular flexibility index (Phi) is 6.84. The molecule has 0 radical (unpaired) electrons. The third-order valence-electron chi connectivity index (χ3n) is 3.93. The van der Waals surface area contributed by atoms with E-state index in [1.165, 1.54) is 19.3 Å². The SMILES string of the molecule is CC[C@H](C)[C@H](NCC(=O)NC1CCCCC1)C(=O)O. The fourth-order valence-corrected chi connectivity index (χ4v) is 2.50. The topological polar surface area (TPSA) is 78.4 Å². The fraction of sp³-hybridized carbons (Fsp3) is 0.857. The van der Waals surface area contributed by atoms with E-state index in [1.54, 1.807) is 0 Å². The van der Waals surface area contributed by atoms with Crippen LogP contribution in [0.25, 0.3) is 0 Å². The minimum Gasteiger partial charge on any atom is -0.480 e. The molecule has 0 aliphatic heterocycles. The number of aliphatic carboxylic acids is 1. The molecular weight excluding hydrogens is 244 g/mol. The third kappa shape index (κ3) is 5.59. The van der Waals surface area contributed by atoms with Crippen molar-refractivity contribution in [2.75, 3.05) is 6.54 Å². The molecular formula is C14H26N2O3. The summed E-state index contributed by atoms with van der Waals surface area (Å²) in [6.45, 7) is 3.91. The molecule has 5 nitrogen and oxygen atoms in total. The Morgan fingerprint density at radius 3 is 2.42 bits per heavy atom. The third-order valence-corrected chi connectivity index (χ3v) is 3.93. The number of carbonyl (C=O) groups is 2. The van der Waals surface area contributed by atoms with Gasteiger partial charge in [0, 0.05) is 6.04 Å². The van der Waals surface area contributed by atoms with E-state index in [4.69, 9.17) is 5.11 Å². The molecule has 0 aromatic heterocycles. The molecule has 0 spiro atoms. The molecule has 0 saturated heterocycles. The summed E-state index contributed by atoms with van der Waals surface area (Å²) in [7, 11) is 0. The second-order valence-corrected chi connectivity index (χ2v) is 5.48. The van der Waals surface area contributed by atoms with Crippen molar-refractivity contribution in [2.24, 2.45) is 5.92 Å². The summed E-state index contributed by atoms with van der Waals surface area (Å²) in [6.07, 6.45) is 6.44. The number of carboxylic acid groups (broad SMARTS) is 1. The molecule has 1 amide bonds. The molecule has 5 heteroatoms. The van der Waals surface area contributed by atoms with Crippen molar-refractivity contribution in [3.8, 4) is 0 Å². The van der Waals surface area contributed by atoms with Gasteiger partial charge in [-0.15, -0.1) is 0 Å². The first-order chi connectivity index (χ1) is 9.04. The van der Waals surface area contributed by atoms with Crippen LogP contribution in [0.1, 0.15) is 52.4 Å². The molecule has 0 aromatic rings. The van der Waals surface area contributed by atoms with Gasteiger partial charge in [-0.25, -0.2) is 0 Å². The van der Waals surface area contributed by atoms with Crippen LogP contribution in [0.2, 0.25) is 0 Å². The molecule has 19 heavy (non-hydrogen) atoms. The lowest BCUT2D eigenvalue weighted by atomic mass is 9.95. The fourth-order valence-electron chi connectivity index (χ4n) is 2.50. The molecule has 2 atom stereocenters. The predicted molar refractivity (Wildman–Crippen MR) is 73.9 cm³/mol. The molecule has 0 bridgehead atoms. The zero-order chi connectivity index (χ0) is 14.3. The first kappa shape index (κ1) is 16.0. The van der Waals surface area contributed by atoms with Gasteiger partial charge in [0.2, 0.25) is 5.91 Å². The van der Waals surface area contributed by atoms with Crippen LogP contribution in [0.5, 0.6) is 0 Å². The van der Waals surface area contributed by atoms with Crippen LogP contribution in [-0.4, -0.2) is 35.6 Å². The van der Waals surface area contributed by atoms with Gasteiger partial charge >= 0.3 is 5.97 Å². The maximum absolute atomic E-state index is 11.8. The maximum atomic E-state index is 11.8. The zero-order valence-corrected chi connectivity index (χ0v) is 11.9. The van der Waals surface area contributed by atoms with E-state index in [0.717, 1.165) is 19.3 Å². The number of nitrogens with one attached hydrogen (secondary N) is 2. The van der Waals surface area contributed by atoms with Gasteiger partial charge in [0.05, 0.1) is 6.54 Å². The number of amides is 1. The quantitative estimate of drug-likeness (QED) is 0.655. The van der Waals surface area contributed by atoms with Crippen LogP contribution in [0.4, 0.5) is 0 Å². The van der Waals surface area contributed by atoms with Crippen molar-refractivity contribution in [1.29, 1.82) is 0 Å². The average Bonchev–Trinajstić information content (AvgIpc) is 2.39. The Morgan fingerprint density at radius 1 is 1.26 bits per heavy atom. The highest BCUT2D eigenvalue weighted by Crippen LogP contribution is 2.17. The van der Waals surface area contributed by atoms with E-state index in [1.807, 2.05) is 13.8 Å². The Bertz CT molecular complexity index is 301. The van der Waals surface area contributed by atoms with Gasteiger partial charge in [-0.05, 0) is 18.8 Å². The smallest absolute Gasteiger partial charge is 0.320 e. The molecule has 1 aliphatic carbocycles. The Balaban J connectivity index is 2.32. The highest BCUT2D eigenvalue weighted by molar-refractivity contribution is 5.80. The molecule has 110 valence electrons. The largest absolute Gasteiger partial charge is 0.480 e. The van der Waals surface area contributed by atoms with E-state index >= 15 is 0 Å². The second kappa shape index (κ2) is 8.15. The highest BCUT2D eigenvalue weighted by atomic mass is 16.4. The van der Waals surface area contributed by atoms with E-state index < -0.39 is 12.0 Å². The molecule has 1 aliphatic rings. The van der Waals surface area contributed by atoms with Crippen molar-refractivity contribution in [3.05, 3.63) is 0 Å². The van der Waals surface area contributed by atoms with Gasteiger partial charge in [-0.2, -0.15) is 0 Å². The number of hydrogen-bond donors (Lipinski definition) is 3. The van der Waals surface area contributed by atoms with Gasteiger partial charge in [0.15, 0.2) is 0 Å². The number of carbonyl (C=O) groups excluding carboxylic acids is 1. The molecule has 3 N–H and O–H groups in total. The molecule has 0 aromatic carbocycles. The molecule has 1 fully saturated rings. The van der Waals surface area contributed by atoms with Crippen molar-refractivity contribution >= 4 is 11.9 Å². The highest BCUT2D eigenvalue weighted by Gasteiger charge is 2.24. The predicted octanol–water partition coefficient (Wildman–Crippen LogP) is 1.52. The van der Waals surface area contributed by atoms with Crippen LogP contribution < -0.4 is 10.6 Å². The van der Waals surface area contributed by atoms with E-state index in [2.05, 4.69) is 10.6 Å². The number of hydrogen-bond acceptors (Lipinski definition) is 3. The lowest BCUT2D eigenvalue weighted by Crippen LogP contribution is -2.48. The summed E-state index contributed by atoms with van der Waals surface area (Å²) in [5.74, 6) is -0.971. The van der Waals surface area contributed by atoms with Crippen LogP contribution in [-0.2, 0) is 9.59 Å². The minimum atomic E-state index is -0.889. The summed E-state index contributed by atoms with van der Waals surface area (Å²) >= 11 is 0. The van der Waals surface area contributed by atoms with Crippen LogP contribution in [0.15, 0.2) is 0 Å². The van der Waals surface area contributed by atoms with Gasteiger partial charge in [-0.3, -0.25) is 14.9 Å². The average molecular weight is 270 g/mol. The van der Waals surface area contributed by atoms with Gasteiger partial charge < -0.3 is 10.4 Å². The van der Waals surface area contributed by atoms with Crippen molar-refractivity contribution < 1.29 is 14.7 Å². The number of rotatable bonds is 7. The molecule has 0 unspecified atom stereocenters. The van der Waals surface area contributed by atoms with Crippen molar-refractivity contribution in [1.82, 2.24) is 10.6 Å². The van der Waals surface area contributed by atoms with Crippen molar-refractivity contribution in [2.45, 2.75) is 64.5 Å². The van der Waals surface area contributed by atoms with Gasteiger partial charge in [-0.1, -0.05) is 39.5 Å². The summed E-state index contributed by atoms with van der Waals surface area (Å²) in [5.41, 5.74) is 0. The van der Waals surface area contributed by atoms with Gasteiger partial charge in [0.25, 0.3) is 0 Å². The van der Waals surface area contributed by atoms with E-state index in [9.17, 15) is 9.59 Å². The lowest BCUT2D eigenvalue weighted by Gasteiger charge is -2.24. The lowest BCUT2D eigenvalue weighted by molar-refractivity contribution is -0.141. The van der Waals surface area contributed by atoms with Crippen LogP contribution in [0.3, 0.4) is 0 Å². The van der Waals surface area contributed by atoms with Crippen molar-refractivity contribution in [3.63, 3.8) is 0 Å². The van der Waals surface area contributed by atoms with E-state index in [-0.39, 0.29) is 24.4 Å². The first-order valence-electron chi connectivity index (χ1n) is 7.30. The summed E-state index contributed by atoms with van der Waals surface area (Å²) < 4.78 is 0. The second-order valence-electron chi connectivity index (χ2n) is 5.48. The molecule has 0 heterocycles. The molecule has 1 rings (SSSR count). The Hall–Kier alpha value is -1.10. The standard InChI is InChI=1S/C14H26N2O3/c1-3-10(2)13(14(18)19)15-9-12(17)16-11-7-5-4-6-8-11/h10-11,13,15H,3-9H2,1-2H3,(H,16,17)(H,18,19)/t10-,13-/m0/s1. The molecule has 1 saturated carbocycles. The van der Waals surface area contributed by atoms with E-state index in [0.29, 0.717) is 0 Å².